The number of carbonyl (C=O) groups is 1. The van der Waals surface area contributed by atoms with Gasteiger partial charge in [0.05, 0.1) is 6.04 Å². The molecule has 0 N–H and O–H groups in total. The molecule has 1 aromatic heterocycles. The van der Waals surface area contributed by atoms with Crippen LogP contribution in [0.4, 0.5) is 0 Å². The lowest BCUT2D eigenvalue weighted by atomic mass is 10.1. The predicted octanol–water partition coefficient (Wildman–Crippen LogP) is 3.69. The van der Waals surface area contributed by atoms with Crippen LogP contribution < -0.4 is 9.47 Å². The zero-order valence-electron chi connectivity index (χ0n) is 18.7. The van der Waals surface area contributed by atoms with E-state index in [-0.39, 0.29) is 18.7 Å². The van der Waals surface area contributed by atoms with Crippen LogP contribution >= 0.6 is 0 Å². The molecule has 8 nitrogen and oxygen atoms in total. The van der Waals surface area contributed by atoms with Crippen molar-refractivity contribution in [3.05, 3.63) is 65.6 Å². The van der Waals surface area contributed by atoms with Gasteiger partial charge in [0.1, 0.15) is 0 Å². The van der Waals surface area contributed by atoms with Crippen LogP contribution in [0.1, 0.15) is 30.0 Å². The van der Waals surface area contributed by atoms with Crippen LogP contribution in [0.25, 0.3) is 17.5 Å². The maximum Gasteiger partial charge on any atom is 0.246 e. The molecule has 0 bridgehead atoms. The van der Waals surface area contributed by atoms with Crippen molar-refractivity contribution in [1.82, 2.24) is 19.9 Å². The van der Waals surface area contributed by atoms with E-state index in [0.29, 0.717) is 30.6 Å². The summed E-state index contributed by atoms with van der Waals surface area (Å²) in [5.41, 5.74) is 3.03. The number of fused-ring (bicyclic) bond motifs is 1. The molecule has 2 aliphatic rings. The molecule has 170 valence electrons. The van der Waals surface area contributed by atoms with Crippen LogP contribution in [0.3, 0.4) is 0 Å². The highest BCUT2D eigenvalue weighted by molar-refractivity contribution is 5.92. The Balaban J connectivity index is 1.16. The molecule has 1 saturated heterocycles. The van der Waals surface area contributed by atoms with Gasteiger partial charge in [-0.25, -0.2) is 0 Å². The van der Waals surface area contributed by atoms with Gasteiger partial charge in [0, 0.05) is 37.8 Å². The minimum atomic E-state index is -0.0156. The Hall–Kier alpha value is -3.65. The van der Waals surface area contributed by atoms with Crippen LogP contribution in [0.2, 0.25) is 0 Å². The van der Waals surface area contributed by atoms with E-state index in [1.165, 1.54) is 5.56 Å². The Morgan fingerprint density at radius 1 is 1.03 bits per heavy atom. The van der Waals surface area contributed by atoms with Gasteiger partial charge < -0.3 is 18.9 Å². The van der Waals surface area contributed by atoms with E-state index in [9.17, 15) is 4.79 Å². The molecule has 1 atom stereocenters. The van der Waals surface area contributed by atoms with Crippen molar-refractivity contribution in [2.75, 3.05) is 33.0 Å². The number of piperazine rings is 1. The van der Waals surface area contributed by atoms with Crippen molar-refractivity contribution in [1.29, 1.82) is 0 Å². The SMILES string of the molecule is Cc1ccc(-c2noc(C(C)N3CCN(C(=O)/C=C/c4ccc5c(c4)OCO5)CC3)n2)cc1. The lowest BCUT2D eigenvalue weighted by molar-refractivity contribution is -0.128. The first kappa shape index (κ1) is 21.2. The van der Waals surface area contributed by atoms with Gasteiger partial charge in [-0.15, -0.1) is 0 Å². The smallest absolute Gasteiger partial charge is 0.246 e. The van der Waals surface area contributed by atoms with Crippen LogP contribution in [0.15, 0.2) is 53.1 Å². The minimum Gasteiger partial charge on any atom is -0.454 e. The fraction of sp³-hybridized carbons (Fsp3) is 0.320. The second-order valence-electron chi connectivity index (χ2n) is 8.31. The number of carbonyl (C=O) groups excluding carboxylic acids is 1. The summed E-state index contributed by atoms with van der Waals surface area (Å²) < 4.78 is 16.3. The molecular weight excluding hydrogens is 420 g/mol. The Kier molecular flexibility index (Phi) is 5.83. The number of aromatic nitrogens is 2. The molecule has 1 unspecified atom stereocenters. The largest absolute Gasteiger partial charge is 0.454 e. The summed E-state index contributed by atoms with van der Waals surface area (Å²) in [6, 6.07) is 13.7. The fourth-order valence-electron chi connectivity index (χ4n) is 4.00. The highest BCUT2D eigenvalue weighted by atomic mass is 16.7. The van der Waals surface area contributed by atoms with Crippen molar-refractivity contribution < 1.29 is 18.8 Å². The second kappa shape index (κ2) is 9.07. The monoisotopic (exact) mass is 446 g/mol. The quantitative estimate of drug-likeness (QED) is 0.553. The second-order valence-corrected chi connectivity index (χ2v) is 8.31. The molecule has 8 heteroatoms. The fourth-order valence-corrected chi connectivity index (χ4v) is 4.00. The van der Waals surface area contributed by atoms with Crippen LogP contribution in [-0.2, 0) is 4.79 Å². The van der Waals surface area contributed by atoms with Crippen LogP contribution in [-0.4, -0.2) is 58.8 Å². The Morgan fingerprint density at radius 3 is 2.58 bits per heavy atom. The first-order valence-corrected chi connectivity index (χ1v) is 11.1. The van der Waals surface area contributed by atoms with E-state index in [1.54, 1.807) is 6.08 Å². The van der Waals surface area contributed by atoms with E-state index in [1.807, 2.05) is 60.4 Å². The molecule has 1 amide bonds. The van der Waals surface area contributed by atoms with Gasteiger partial charge in [-0.1, -0.05) is 41.1 Å². The Bertz CT molecular complexity index is 1160. The van der Waals surface area contributed by atoms with Crippen molar-refractivity contribution in [3.8, 4) is 22.9 Å². The van der Waals surface area contributed by atoms with Gasteiger partial charge >= 0.3 is 0 Å². The number of ether oxygens (including phenoxy) is 2. The number of nitrogens with zero attached hydrogens (tertiary/aromatic N) is 4. The molecule has 0 saturated carbocycles. The van der Waals surface area contributed by atoms with E-state index < -0.39 is 0 Å². The summed E-state index contributed by atoms with van der Waals surface area (Å²) in [6.45, 7) is 7.12. The number of amides is 1. The van der Waals surface area contributed by atoms with E-state index in [0.717, 1.165) is 30.0 Å². The third kappa shape index (κ3) is 4.61. The third-order valence-corrected chi connectivity index (χ3v) is 6.10. The van der Waals surface area contributed by atoms with E-state index >= 15 is 0 Å². The Morgan fingerprint density at radius 2 is 1.79 bits per heavy atom. The molecule has 33 heavy (non-hydrogen) atoms. The van der Waals surface area contributed by atoms with Crippen molar-refractivity contribution >= 4 is 12.0 Å². The van der Waals surface area contributed by atoms with Gasteiger partial charge in [0.2, 0.25) is 24.4 Å². The maximum atomic E-state index is 12.7. The zero-order valence-corrected chi connectivity index (χ0v) is 18.7. The first-order chi connectivity index (χ1) is 16.1. The summed E-state index contributed by atoms with van der Waals surface area (Å²) in [5.74, 6) is 2.63. The summed E-state index contributed by atoms with van der Waals surface area (Å²) in [4.78, 5) is 21.4. The Labute approximate surface area is 192 Å². The summed E-state index contributed by atoms with van der Waals surface area (Å²) >= 11 is 0. The van der Waals surface area contributed by atoms with Gasteiger partial charge in [-0.3, -0.25) is 9.69 Å². The maximum absolute atomic E-state index is 12.7. The van der Waals surface area contributed by atoms with Crippen LogP contribution in [0.5, 0.6) is 11.5 Å². The molecule has 0 spiro atoms. The van der Waals surface area contributed by atoms with Gasteiger partial charge in [0.25, 0.3) is 0 Å². The average Bonchev–Trinajstić information content (AvgIpc) is 3.52. The topological polar surface area (TPSA) is 80.9 Å². The molecule has 5 rings (SSSR count). The summed E-state index contributed by atoms with van der Waals surface area (Å²) in [5, 5.41) is 4.15. The average molecular weight is 447 g/mol. The van der Waals surface area contributed by atoms with Crippen molar-refractivity contribution in [2.45, 2.75) is 19.9 Å². The van der Waals surface area contributed by atoms with E-state index in [4.69, 9.17) is 14.0 Å². The van der Waals surface area contributed by atoms with Gasteiger partial charge in [-0.2, -0.15) is 4.98 Å². The number of hydrogen-bond acceptors (Lipinski definition) is 7. The van der Waals surface area contributed by atoms with Gasteiger partial charge in [0.15, 0.2) is 11.5 Å². The molecule has 3 aromatic rings. The predicted molar refractivity (Wildman–Crippen MR) is 123 cm³/mol. The third-order valence-electron chi connectivity index (χ3n) is 6.10. The first-order valence-electron chi connectivity index (χ1n) is 11.1. The van der Waals surface area contributed by atoms with Crippen molar-refractivity contribution in [2.24, 2.45) is 0 Å². The summed E-state index contributed by atoms with van der Waals surface area (Å²) in [7, 11) is 0. The molecule has 0 aliphatic carbocycles. The van der Waals surface area contributed by atoms with Gasteiger partial charge in [-0.05, 0) is 37.6 Å². The highest BCUT2D eigenvalue weighted by Crippen LogP contribution is 2.32. The van der Waals surface area contributed by atoms with E-state index in [2.05, 4.69) is 22.0 Å². The number of rotatable bonds is 5. The highest BCUT2D eigenvalue weighted by Gasteiger charge is 2.27. The standard InChI is InChI=1S/C25H26N4O4/c1-17-3-7-20(8-4-17)24-26-25(33-27-24)18(2)28-11-13-29(14-12-28)23(30)10-6-19-5-9-21-22(15-19)32-16-31-21/h3-10,15,18H,11-14,16H2,1-2H3/b10-6+. The normalized spacial score (nSPS) is 17.0. The van der Waals surface area contributed by atoms with Crippen molar-refractivity contribution in [3.63, 3.8) is 0 Å². The summed E-state index contributed by atoms with van der Waals surface area (Å²) in [6.07, 6.45) is 3.42. The molecule has 1 fully saturated rings. The molecule has 3 heterocycles. The number of aryl methyl sites for hydroxylation is 1. The zero-order chi connectivity index (χ0) is 22.8. The molecule has 2 aliphatic heterocycles. The molecular formula is C25H26N4O4. The minimum absolute atomic E-state index is 0.000539. The molecule has 0 radical (unpaired) electrons. The number of benzene rings is 2. The number of hydrogen-bond donors (Lipinski definition) is 0. The molecule has 2 aromatic carbocycles. The lowest BCUT2D eigenvalue weighted by Gasteiger charge is -2.36. The van der Waals surface area contributed by atoms with Crippen LogP contribution in [0, 0.1) is 6.92 Å². The lowest BCUT2D eigenvalue weighted by Crippen LogP contribution is -2.48.